The summed E-state index contributed by atoms with van der Waals surface area (Å²) in [5.74, 6) is 1.46. The minimum absolute atomic E-state index is 0.596. The molecule has 1 N–H and O–H groups in total. The Morgan fingerprint density at radius 2 is 2.00 bits per heavy atom. The van der Waals surface area contributed by atoms with Crippen LogP contribution in [0.15, 0.2) is 29.4 Å². The predicted molar refractivity (Wildman–Crippen MR) is 74.1 cm³/mol. The molecule has 0 radical (unpaired) electrons. The van der Waals surface area contributed by atoms with E-state index in [0.717, 1.165) is 44.0 Å². The molecule has 0 saturated carbocycles. The molecule has 1 aliphatic rings. The monoisotopic (exact) mass is 263 g/mol. The van der Waals surface area contributed by atoms with Gasteiger partial charge in [-0.25, -0.2) is 0 Å². The summed E-state index contributed by atoms with van der Waals surface area (Å²) in [5, 5.41) is 12.2. The first-order chi connectivity index (χ1) is 9.33. The highest BCUT2D eigenvalue weighted by Crippen LogP contribution is 2.18. The van der Waals surface area contributed by atoms with Gasteiger partial charge in [0.05, 0.1) is 12.3 Å². The van der Waals surface area contributed by atoms with Crippen molar-refractivity contribution < 1.29 is 14.7 Å². The minimum atomic E-state index is 0.596. The maximum atomic E-state index is 8.87. The van der Waals surface area contributed by atoms with E-state index in [1.54, 1.807) is 0 Å². The zero-order valence-electron chi connectivity index (χ0n) is 11.3. The molecule has 0 amide bonds. The quantitative estimate of drug-likeness (QED) is 0.504. The second kappa shape index (κ2) is 7.14. The summed E-state index contributed by atoms with van der Waals surface area (Å²) in [5.41, 5.74) is 1.62. The average molecular weight is 263 g/mol. The summed E-state index contributed by atoms with van der Waals surface area (Å²) in [6.07, 6.45) is 2.86. The van der Waals surface area contributed by atoms with Crippen molar-refractivity contribution in [1.29, 1.82) is 0 Å². The molecule has 2 rings (SSSR count). The molecule has 1 aromatic rings. The molecular weight excluding hydrogens is 242 g/mol. The maximum absolute atomic E-state index is 8.87. The number of oxime groups is 1. The van der Waals surface area contributed by atoms with Gasteiger partial charge in [0.2, 0.25) is 0 Å². The molecule has 0 atom stereocenters. The highest BCUT2D eigenvalue weighted by molar-refractivity contribution is 6.00. The number of ether oxygens (including phenoxy) is 2. The lowest BCUT2D eigenvalue weighted by Gasteiger charge is -2.22. The first-order valence-electron chi connectivity index (χ1n) is 6.85. The highest BCUT2D eigenvalue weighted by atomic mass is 16.5. The molecule has 1 saturated heterocycles. The molecule has 4 heteroatoms. The van der Waals surface area contributed by atoms with Crippen molar-refractivity contribution >= 4 is 5.71 Å². The molecule has 4 nitrogen and oxygen atoms in total. The largest absolute Gasteiger partial charge is 0.493 e. The molecule has 19 heavy (non-hydrogen) atoms. The SMILES string of the molecule is CC/C(=N/O)c1ccc(OCC2CCOCC2)cc1. The van der Waals surface area contributed by atoms with Crippen LogP contribution in [-0.2, 0) is 4.74 Å². The van der Waals surface area contributed by atoms with Crippen LogP contribution >= 0.6 is 0 Å². The summed E-state index contributed by atoms with van der Waals surface area (Å²) in [6.45, 7) is 4.40. The van der Waals surface area contributed by atoms with Crippen molar-refractivity contribution in [2.24, 2.45) is 11.1 Å². The normalized spacial score (nSPS) is 17.4. The van der Waals surface area contributed by atoms with Crippen LogP contribution in [0.4, 0.5) is 0 Å². The second-order valence-electron chi connectivity index (χ2n) is 4.79. The lowest BCUT2D eigenvalue weighted by Crippen LogP contribution is -2.21. The third-order valence-corrected chi connectivity index (χ3v) is 3.47. The Labute approximate surface area is 114 Å². The van der Waals surface area contributed by atoms with Gasteiger partial charge in [-0.15, -0.1) is 0 Å². The second-order valence-corrected chi connectivity index (χ2v) is 4.79. The first kappa shape index (κ1) is 13.9. The van der Waals surface area contributed by atoms with Gasteiger partial charge in [-0.2, -0.15) is 0 Å². The topological polar surface area (TPSA) is 51.1 Å². The lowest BCUT2D eigenvalue weighted by molar-refractivity contribution is 0.0497. The molecule has 1 heterocycles. The Balaban J connectivity index is 1.87. The van der Waals surface area contributed by atoms with Crippen molar-refractivity contribution in [3.63, 3.8) is 0 Å². The standard InChI is InChI=1S/C15H21NO3/c1-2-15(16-17)13-3-5-14(6-4-13)19-11-12-7-9-18-10-8-12/h3-6,12,17H,2,7-11H2,1H3/b16-15-. The van der Waals surface area contributed by atoms with Crippen LogP contribution in [0, 0.1) is 5.92 Å². The van der Waals surface area contributed by atoms with Gasteiger partial charge < -0.3 is 14.7 Å². The number of nitrogens with zero attached hydrogens (tertiary/aromatic N) is 1. The van der Waals surface area contributed by atoms with Crippen LogP contribution in [0.1, 0.15) is 31.7 Å². The summed E-state index contributed by atoms with van der Waals surface area (Å²) in [6, 6.07) is 7.71. The van der Waals surface area contributed by atoms with Gasteiger partial charge in [-0.3, -0.25) is 0 Å². The van der Waals surface area contributed by atoms with Crippen LogP contribution < -0.4 is 4.74 Å². The van der Waals surface area contributed by atoms with Gasteiger partial charge in [0.25, 0.3) is 0 Å². The van der Waals surface area contributed by atoms with E-state index >= 15 is 0 Å². The fraction of sp³-hybridized carbons (Fsp3) is 0.533. The van der Waals surface area contributed by atoms with Crippen molar-refractivity contribution in [3.8, 4) is 5.75 Å². The Morgan fingerprint density at radius 1 is 1.32 bits per heavy atom. The van der Waals surface area contributed by atoms with E-state index < -0.39 is 0 Å². The van der Waals surface area contributed by atoms with Crippen molar-refractivity contribution in [2.75, 3.05) is 19.8 Å². The van der Waals surface area contributed by atoms with Gasteiger partial charge >= 0.3 is 0 Å². The Bertz CT molecular complexity index is 408. The summed E-state index contributed by atoms with van der Waals surface area (Å²) >= 11 is 0. The zero-order valence-corrected chi connectivity index (χ0v) is 11.3. The minimum Gasteiger partial charge on any atom is -0.493 e. The van der Waals surface area contributed by atoms with E-state index in [1.807, 2.05) is 31.2 Å². The maximum Gasteiger partial charge on any atom is 0.119 e. The molecule has 0 spiro atoms. The molecule has 1 aliphatic heterocycles. The van der Waals surface area contributed by atoms with Crippen LogP contribution in [-0.4, -0.2) is 30.7 Å². The summed E-state index contributed by atoms with van der Waals surface area (Å²) in [4.78, 5) is 0. The Hall–Kier alpha value is -1.55. The summed E-state index contributed by atoms with van der Waals surface area (Å²) < 4.78 is 11.1. The molecule has 1 aromatic carbocycles. The van der Waals surface area contributed by atoms with Crippen molar-refractivity contribution in [1.82, 2.24) is 0 Å². The van der Waals surface area contributed by atoms with E-state index in [1.165, 1.54) is 0 Å². The van der Waals surface area contributed by atoms with E-state index in [4.69, 9.17) is 14.7 Å². The van der Waals surface area contributed by atoms with E-state index in [0.29, 0.717) is 18.1 Å². The average Bonchev–Trinajstić information content (AvgIpc) is 2.49. The fourth-order valence-corrected chi connectivity index (χ4v) is 2.20. The molecule has 0 aliphatic carbocycles. The van der Waals surface area contributed by atoms with Crippen LogP contribution in [0.25, 0.3) is 0 Å². The Morgan fingerprint density at radius 3 is 2.58 bits per heavy atom. The summed E-state index contributed by atoms with van der Waals surface area (Å²) in [7, 11) is 0. The van der Waals surface area contributed by atoms with Crippen LogP contribution in [0.5, 0.6) is 5.75 Å². The number of hydrogen-bond acceptors (Lipinski definition) is 4. The van der Waals surface area contributed by atoms with E-state index in [2.05, 4.69) is 5.16 Å². The molecule has 0 bridgehead atoms. The third-order valence-electron chi connectivity index (χ3n) is 3.47. The number of rotatable bonds is 5. The van der Waals surface area contributed by atoms with Gasteiger partial charge in [-0.1, -0.05) is 12.1 Å². The van der Waals surface area contributed by atoms with Gasteiger partial charge in [0.15, 0.2) is 0 Å². The van der Waals surface area contributed by atoms with E-state index in [-0.39, 0.29) is 0 Å². The molecule has 104 valence electrons. The van der Waals surface area contributed by atoms with Crippen molar-refractivity contribution in [2.45, 2.75) is 26.2 Å². The van der Waals surface area contributed by atoms with Crippen LogP contribution in [0.2, 0.25) is 0 Å². The van der Waals surface area contributed by atoms with Gasteiger partial charge in [-0.05, 0) is 55.0 Å². The lowest BCUT2D eigenvalue weighted by atomic mass is 10.0. The highest BCUT2D eigenvalue weighted by Gasteiger charge is 2.14. The Kier molecular flexibility index (Phi) is 5.21. The number of hydrogen-bond donors (Lipinski definition) is 1. The molecule has 0 aromatic heterocycles. The fourth-order valence-electron chi connectivity index (χ4n) is 2.20. The first-order valence-corrected chi connectivity index (χ1v) is 6.85. The molecule has 0 unspecified atom stereocenters. The smallest absolute Gasteiger partial charge is 0.119 e. The molecular formula is C15H21NO3. The third kappa shape index (κ3) is 3.96. The van der Waals surface area contributed by atoms with Gasteiger partial charge in [0, 0.05) is 13.2 Å². The van der Waals surface area contributed by atoms with Gasteiger partial charge in [0.1, 0.15) is 5.75 Å². The van der Waals surface area contributed by atoms with Crippen LogP contribution in [0.3, 0.4) is 0 Å². The molecule has 1 fully saturated rings. The van der Waals surface area contributed by atoms with E-state index in [9.17, 15) is 0 Å². The van der Waals surface area contributed by atoms with Crippen molar-refractivity contribution in [3.05, 3.63) is 29.8 Å². The predicted octanol–water partition coefficient (Wildman–Crippen LogP) is 3.08. The number of benzene rings is 1. The zero-order chi connectivity index (χ0) is 13.5.